The van der Waals surface area contributed by atoms with Crippen molar-refractivity contribution in [2.75, 3.05) is 13.1 Å². The zero-order valence-electron chi connectivity index (χ0n) is 10.7. The van der Waals surface area contributed by atoms with Crippen LogP contribution in [0.25, 0.3) is 5.78 Å². The SMILES string of the molecule is Cc1cc(=O)n2[nH]c(C3(C)CCNCC3)nc2n1. The van der Waals surface area contributed by atoms with E-state index >= 15 is 0 Å². The smallest absolute Gasteiger partial charge is 0.274 e. The highest BCUT2D eigenvalue weighted by Gasteiger charge is 2.32. The van der Waals surface area contributed by atoms with Gasteiger partial charge in [-0.2, -0.15) is 9.50 Å². The second-order valence-electron chi connectivity index (χ2n) is 5.25. The quantitative estimate of drug-likeness (QED) is 0.763. The Bertz CT molecular complexity index is 635. The summed E-state index contributed by atoms with van der Waals surface area (Å²) in [6, 6.07) is 1.51. The molecule has 0 amide bonds. The van der Waals surface area contributed by atoms with E-state index < -0.39 is 0 Å². The molecule has 1 fully saturated rings. The second-order valence-corrected chi connectivity index (χ2v) is 5.25. The van der Waals surface area contributed by atoms with Gasteiger partial charge >= 0.3 is 0 Å². The summed E-state index contributed by atoms with van der Waals surface area (Å²) in [5.41, 5.74) is 0.599. The summed E-state index contributed by atoms with van der Waals surface area (Å²) < 4.78 is 1.43. The predicted molar refractivity (Wildman–Crippen MR) is 67.8 cm³/mol. The van der Waals surface area contributed by atoms with E-state index in [1.807, 2.05) is 6.92 Å². The molecule has 0 radical (unpaired) electrons. The molecule has 96 valence electrons. The number of aryl methyl sites for hydroxylation is 1. The highest BCUT2D eigenvalue weighted by molar-refractivity contribution is 5.29. The molecule has 2 N–H and O–H groups in total. The number of hydrogen-bond donors (Lipinski definition) is 2. The maximum atomic E-state index is 11.8. The highest BCUT2D eigenvalue weighted by Crippen LogP contribution is 2.30. The van der Waals surface area contributed by atoms with Crippen LogP contribution in [0.1, 0.15) is 31.3 Å². The number of aromatic nitrogens is 4. The highest BCUT2D eigenvalue weighted by atomic mass is 16.1. The Balaban J connectivity index is 2.13. The first kappa shape index (κ1) is 11.4. The van der Waals surface area contributed by atoms with Gasteiger partial charge in [0.15, 0.2) is 0 Å². The van der Waals surface area contributed by atoms with E-state index in [0.717, 1.165) is 31.8 Å². The Morgan fingerprint density at radius 3 is 2.78 bits per heavy atom. The van der Waals surface area contributed by atoms with Crippen LogP contribution in [0, 0.1) is 6.92 Å². The average Bonchev–Trinajstić information content (AvgIpc) is 2.74. The summed E-state index contributed by atoms with van der Waals surface area (Å²) in [7, 11) is 0. The summed E-state index contributed by atoms with van der Waals surface area (Å²) in [4.78, 5) is 20.6. The number of H-pyrrole nitrogens is 1. The fourth-order valence-electron chi connectivity index (χ4n) is 2.48. The zero-order chi connectivity index (χ0) is 12.8. The zero-order valence-corrected chi connectivity index (χ0v) is 10.7. The first-order valence-corrected chi connectivity index (χ1v) is 6.26. The van der Waals surface area contributed by atoms with Gasteiger partial charge < -0.3 is 5.32 Å². The Morgan fingerprint density at radius 2 is 2.06 bits per heavy atom. The van der Waals surface area contributed by atoms with Crippen LogP contribution < -0.4 is 10.9 Å². The van der Waals surface area contributed by atoms with Crippen molar-refractivity contribution >= 4 is 5.78 Å². The third kappa shape index (κ3) is 1.73. The lowest BCUT2D eigenvalue weighted by atomic mass is 9.80. The van der Waals surface area contributed by atoms with Gasteiger partial charge in [-0.05, 0) is 32.9 Å². The van der Waals surface area contributed by atoms with Crippen LogP contribution in [0.3, 0.4) is 0 Å². The van der Waals surface area contributed by atoms with Gasteiger partial charge in [0.2, 0.25) is 0 Å². The normalized spacial score (nSPS) is 19.2. The number of nitrogens with one attached hydrogen (secondary N) is 2. The molecule has 6 heteroatoms. The van der Waals surface area contributed by atoms with Crippen molar-refractivity contribution in [2.24, 2.45) is 0 Å². The van der Waals surface area contributed by atoms with Crippen molar-refractivity contribution < 1.29 is 0 Å². The van der Waals surface area contributed by atoms with Crippen LogP contribution in [-0.4, -0.2) is 32.7 Å². The van der Waals surface area contributed by atoms with Gasteiger partial charge in [-0.3, -0.25) is 9.89 Å². The van der Waals surface area contributed by atoms with Crippen molar-refractivity contribution in [3.63, 3.8) is 0 Å². The second kappa shape index (κ2) is 3.91. The minimum absolute atomic E-state index is 0.000700. The van der Waals surface area contributed by atoms with Crippen molar-refractivity contribution in [3.8, 4) is 0 Å². The minimum Gasteiger partial charge on any atom is -0.317 e. The summed E-state index contributed by atoms with van der Waals surface area (Å²) in [5, 5.41) is 6.44. The van der Waals surface area contributed by atoms with E-state index in [1.165, 1.54) is 10.6 Å². The Hall–Kier alpha value is -1.69. The lowest BCUT2D eigenvalue weighted by Gasteiger charge is -2.31. The van der Waals surface area contributed by atoms with Crippen molar-refractivity contribution in [2.45, 2.75) is 32.1 Å². The third-order valence-corrected chi connectivity index (χ3v) is 3.74. The molecule has 0 unspecified atom stereocenters. The molecule has 3 heterocycles. The molecule has 2 aromatic rings. The third-order valence-electron chi connectivity index (χ3n) is 3.74. The van der Waals surface area contributed by atoms with E-state index in [-0.39, 0.29) is 11.0 Å². The molecule has 1 aliphatic heterocycles. The summed E-state index contributed by atoms with van der Waals surface area (Å²) in [6.07, 6.45) is 2.03. The fraction of sp³-hybridized carbons (Fsp3) is 0.583. The molecule has 0 saturated carbocycles. The van der Waals surface area contributed by atoms with Gasteiger partial charge in [-0.15, -0.1) is 0 Å². The van der Waals surface area contributed by atoms with Crippen LogP contribution in [0.15, 0.2) is 10.9 Å². The predicted octanol–water partition coefficient (Wildman–Crippen LogP) is 0.367. The van der Waals surface area contributed by atoms with Gasteiger partial charge in [-0.25, -0.2) is 4.98 Å². The number of hydrogen-bond acceptors (Lipinski definition) is 4. The molecule has 18 heavy (non-hydrogen) atoms. The van der Waals surface area contributed by atoms with Gasteiger partial charge in [0.1, 0.15) is 5.82 Å². The van der Waals surface area contributed by atoms with E-state index in [9.17, 15) is 4.79 Å². The molecular weight excluding hydrogens is 230 g/mol. The summed E-state index contributed by atoms with van der Waals surface area (Å²) >= 11 is 0. The van der Waals surface area contributed by atoms with E-state index in [1.54, 1.807) is 0 Å². The Labute approximate surface area is 104 Å². The number of aromatic amines is 1. The van der Waals surface area contributed by atoms with Crippen molar-refractivity contribution in [3.05, 3.63) is 27.9 Å². The fourth-order valence-corrected chi connectivity index (χ4v) is 2.48. The molecular formula is C12H17N5O. The Morgan fingerprint density at radius 1 is 1.33 bits per heavy atom. The topological polar surface area (TPSA) is 75.1 Å². The van der Waals surface area contributed by atoms with Gasteiger partial charge in [0.05, 0.1) is 0 Å². The van der Waals surface area contributed by atoms with Crippen LogP contribution >= 0.6 is 0 Å². The number of rotatable bonds is 1. The van der Waals surface area contributed by atoms with E-state index in [0.29, 0.717) is 11.5 Å². The maximum Gasteiger partial charge on any atom is 0.274 e. The van der Waals surface area contributed by atoms with E-state index in [4.69, 9.17) is 0 Å². The Kier molecular flexibility index (Phi) is 2.48. The summed E-state index contributed by atoms with van der Waals surface area (Å²) in [6.45, 7) is 5.95. The van der Waals surface area contributed by atoms with Gasteiger partial charge in [0, 0.05) is 17.2 Å². The molecule has 1 aliphatic rings. The first-order chi connectivity index (χ1) is 8.58. The minimum atomic E-state index is -0.103. The standard InChI is InChI=1S/C12H17N5O/c1-8-7-9(18)17-11(14-8)15-10(16-17)12(2)3-5-13-6-4-12/h7,13H,3-6H2,1-2H3,(H,14,15,16). The molecule has 0 atom stereocenters. The molecule has 1 saturated heterocycles. The van der Waals surface area contributed by atoms with Gasteiger partial charge in [0.25, 0.3) is 11.3 Å². The average molecular weight is 247 g/mol. The molecule has 0 aromatic carbocycles. The lowest BCUT2D eigenvalue weighted by molar-refractivity contribution is 0.319. The van der Waals surface area contributed by atoms with Gasteiger partial charge in [-0.1, -0.05) is 6.92 Å². The lowest BCUT2D eigenvalue weighted by Crippen LogP contribution is -2.38. The number of piperidine rings is 1. The number of fused-ring (bicyclic) bond motifs is 1. The van der Waals surface area contributed by atoms with Crippen molar-refractivity contribution in [1.29, 1.82) is 0 Å². The van der Waals surface area contributed by atoms with Crippen LogP contribution in [0.5, 0.6) is 0 Å². The molecule has 0 aliphatic carbocycles. The molecule has 0 bridgehead atoms. The van der Waals surface area contributed by atoms with Crippen LogP contribution in [-0.2, 0) is 5.41 Å². The maximum absolute atomic E-state index is 11.8. The first-order valence-electron chi connectivity index (χ1n) is 6.26. The molecule has 6 nitrogen and oxygen atoms in total. The van der Waals surface area contributed by atoms with Crippen LogP contribution in [0.2, 0.25) is 0 Å². The van der Waals surface area contributed by atoms with Crippen LogP contribution in [0.4, 0.5) is 0 Å². The largest absolute Gasteiger partial charge is 0.317 e. The molecule has 3 rings (SSSR count). The number of nitrogens with zero attached hydrogens (tertiary/aromatic N) is 3. The monoisotopic (exact) mass is 247 g/mol. The summed E-state index contributed by atoms with van der Waals surface area (Å²) in [5.74, 6) is 1.33. The van der Waals surface area contributed by atoms with Crippen molar-refractivity contribution in [1.82, 2.24) is 24.9 Å². The molecule has 0 spiro atoms. The van der Waals surface area contributed by atoms with E-state index in [2.05, 4.69) is 27.3 Å². The molecule has 2 aromatic heterocycles.